The highest BCUT2D eigenvalue weighted by Gasteiger charge is 2.33. The first-order valence-corrected chi connectivity index (χ1v) is 7.26. The SMILES string of the molecule is CC(C)N(C(C)C)S(=O)(=O)N1CCNCC1. The van der Waals surface area contributed by atoms with Crippen LogP contribution >= 0.6 is 0 Å². The lowest BCUT2D eigenvalue weighted by Gasteiger charge is -2.36. The molecular formula is C10H23N3O2S. The van der Waals surface area contributed by atoms with Gasteiger partial charge in [-0.3, -0.25) is 0 Å². The third-order valence-electron chi connectivity index (χ3n) is 2.69. The van der Waals surface area contributed by atoms with Gasteiger partial charge in [-0.2, -0.15) is 17.0 Å². The minimum absolute atomic E-state index is 0.000106. The van der Waals surface area contributed by atoms with Gasteiger partial charge in [-0.1, -0.05) is 0 Å². The summed E-state index contributed by atoms with van der Waals surface area (Å²) in [4.78, 5) is 0. The van der Waals surface area contributed by atoms with E-state index in [9.17, 15) is 8.42 Å². The Morgan fingerprint density at radius 2 is 1.50 bits per heavy atom. The molecule has 0 aromatic rings. The highest BCUT2D eigenvalue weighted by molar-refractivity contribution is 7.86. The van der Waals surface area contributed by atoms with Gasteiger partial charge >= 0.3 is 0 Å². The molecule has 0 aromatic carbocycles. The minimum Gasteiger partial charge on any atom is -0.314 e. The van der Waals surface area contributed by atoms with E-state index in [2.05, 4.69) is 5.32 Å². The van der Waals surface area contributed by atoms with Gasteiger partial charge < -0.3 is 5.32 Å². The molecule has 0 aliphatic carbocycles. The van der Waals surface area contributed by atoms with Gasteiger partial charge in [-0.15, -0.1) is 0 Å². The average Bonchev–Trinajstić information content (AvgIpc) is 2.17. The van der Waals surface area contributed by atoms with Crippen LogP contribution in [0, 0.1) is 0 Å². The normalized spacial score (nSPS) is 19.9. The van der Waals surface area contributed by atoms with Crippen molar-refractivity contribution >= 4 is 10.2 Å². The van der Waals surface area contributed by atoms with Crippen LogP contribution < -0.4 is 5.32 Å². The molecule has 1 rings (SSSR count). The van der Waals surface area contributed by atoms with E-state index in [0.717, 1.165) is 13.1 Å². The molecule has 16 heavy (non-hydrogen) atoms. The number of piperazine rings is 1. The zero-order valence-electron chi connectivity index (χ0n) is 10.6. The van der Waals surface area contributed by atoms with Crippen LogP contribution in [-0.4, -0.2) is 55.3 Å². The van der Waals surface area contributed by atoms with Crippen molar-refractivity contribution in [2.24, 2.45) is 0 Å². The lowest BCUT2D eigenvalue weighted by molar-refractivity contribution is 0.257. The summed E-state index contributed by atoms with van der Waals surface area (Å²) in [6.45, 7) is 10.3. The third-order valence-corrected chi connectivity index (χ3v) is 5.08. The smallest absolute Gasteiger partial charge is 0.282 e. The fourth-order valence-electron chi connectivity index (χ4n) is 2.14. The van der Waals surface area contributed by atoms with Crippen molar-refractivity contribution in [2.45, 2.75) is 39.8 Å². The second kappa shape index (κ2) is 5.44. The van der Waals surface area contributed by atoms with Gasteiger partial charge in [0.25, 0.3) is 10.2 Å². The van der Waals surface area contributed by atoms with E-state index in [1.807, 2.05) is 27.7 Å². The van der Waals surface area contributed by atoms with Crippen molar-refractivity contribution in [3.63, 3.8) is 0 Å². The summed E-state index contributed by atoms with van der Waals surface area (Å²) < 4.78 is 27.9. The molecule has 0 saturated carbocycles. The molecule has 1 N–H and O–H groups in total. The van der Waals surface area contributed by atoms with E-state index >= 15 is 0 Å². The van der Waals surface area contributed by atoms with Crippen LogP contribution in [0.2, 0.25) is 0 Å². The summed E-state index contributed by atoms with van der Waals surface area (Å²) in [5, 5.41) is 3.16. The zero-order chi connectivity index (χ0) is 12.3. The quantitative estimate of drug-likeness (QED) is 0.777. The van der Waals surface area contributed by atoms with Crippen LogP contribution in [0.25, 0.3) is 0 Å². The van der Waals surface area contributed by atoms with E-state index < -0.39 is 10.2 Å². The molecule has 6 heteroatoms. The van der Waals surface area contributed by atoms with E-state index in [-0.39, 0.29) is 12.1 Å². The molecular weight excluding hydrogens is 226 g/mol. The molecule has 1 fully saturated rings. The molecule has 1 aliphatic rings. The Morgan fingerprint density at radius 1 is 1.06 bits per heavy atom. The van der Waals surface area contributed by atoms with Crippen molar-refractivity contribution in [2.75, 3.05) is 26.2 Å². The second-order valence-corrected chi connectivity index (χ2v) is 6.51. The Hall–Kier alpha value is -0.170. The van der Waals surface area contributed by atoms with Crippen LogP contribution in [0.1, 0.15) is 27.7 Å². The number of hydrogen-bond donors (Lipinski definition) is 1. The van der Waals surface area contributed by atoms with Crippen LogP contribution in [0.3, 0.4) is 0 Å². The number of hydrogen-bond acceptors (Lipinski definition) is 3. The lowest BCUT2D eigenvalue weighted by Crippen LogP contribution is -2.55. The summed E-state index contributed by atoms with van der Waals surface area (Å²) in [6, 6.07) is -0.000212. The molecule has 96 valence electrons. The van der Waals surface area contributed by atoms with Gasteiger partial charge in [0.05, 0.1) is 0 Å². The van der Waals surface area contributed by atoms with Gasteiger partial charge in [0.2, 0.25) is 0 Å². The summed E-state index contributed by atoms with van der Waals surface area (Å²) in [5.41, 5.74) is 0. The Morgan fingerprint density at radius 3 is 1.88 bits per heavy atom. The fraction of sp³-hybridized carbons (Fsp3) is 1.00. The Kier molecular flexibility index (Phi) is 4.73. The fourth-order valence-corrected chi connectivity index (χ4v) is 4.11. The largest absolute Gasteiger partial charge is 0.314 e. The Balaban J connectivity index is 2.88. The van der Waals surface area contributed by atoms with Crippen molar-refractivity contribution in [3.05, 3.63) is 0 Å². The van der Waals surface area contributed by atoms with Crippen LogP contribution in [0.5, 0.6) is 0 Å². The van der Waals surface area contributed by atoms with Crippen molar-refractivity contribution in [1.82, 2.24) is 13.9 Å². The van der Waals surface area contributed by atoms with Crippen LogP contribution in [0.4, 0.5) is 0 Å². The van der Waals surface area contributed by atoms with Gasteiger partial charge in [0, 0.05) is 38.3 Å². The predicted octanol–water partition coefficient (Wildman–Crippen LogP) is 0.255. The highest BCUT2D eigenvalue weighted by atomic mass is 32.2. The van der Waals surface area contributed by atoms with Crippen molar-refractivity contribution in [1.29, 1.82) is 0 Å². The highest BCUT2D eigenvalue weighted by Crippen LogP contribution is 2.16. The summed E-state index contributed by atoms with van der Waals surface area (Å²) in [5.74, 6) is 0. The molecule has 0 bridgehead atoms. The Bertz CT molecular complexity index is 300. The summed E-state index contributed by atoms with van der Waals surface area (Å²) >= 11 is 0. The number of rotatable bonds is 4. The second-order valence-electron chi connectivity index (χ2n) is 4.67. The molecule has 1 aliphatic heterocycles. The van der Waals surface area contributed by atoms with Gasteiger partial charge in [-0.05, 0) is 27.7 Å². The van der Waals surface area contributed by atoms with Crippen LogP contribution in [-0.2, 0) is 10.2 Å². The molecule has 1 heterocycles. The zero-order valence-corrected chi connectivity index (χ0v) is 11.4. The van der Waals surface area contributed by atoms with E-state index in [4.69, 9.17) is 0 Å². The molecule has 0 aromatic heterocycles. The molecule has 0 amide bonds. The molecule has 0 unspecified atom stereocenters. The van der Waals surface area contributed by atoms with E-state index in [1.54, 1.807) is 8.61 Å². The average molecular weight is 249 g/mol. The third kappa shape index (κ3) is 2.94. The maximum atomic E-state index is 12.4. The Labute approximate surface area is 99.0 Å². The lowest BCUT2D eigenvalue weighted by atomic mass is 10.3. The van der Waals surface area contributed by atoms with Gasteiger partial charge in [0.15, 0.2) is 0 Å². The standard InChI is InChI=1S/C10H23N3O2S/c1-9(2)13(10(3)4)16(14,15)12-7-5-11-6-8-12/h9-11H,5-8H2,1-4H3. The molecule has 0 radical (unpaired) electrons. The maximum absolute atomic E-state index is 12.4. The minimum atomic E-state index is -3.30. The summed E-state index contributed by atoms with van der Waals surface area (Å²) in [6.07, 6.45) is 0. The first-order valence-electron chi connectivity index (χ1n) is 5.86. The van der Waals surface area contributed by atoms with Crippen molar-refractivity contribution in [3.8, 4) is 0 Å². The first-order chi connectivity index (χ1) is 7.37. The monoisotopic (exact) mass is 249 g/mol. The number of nitrogens with zero attached hydrogens (tertiary/aromatic N) is 2. The topological polar surface area (TPSA) is 52.7 Å². The van der Waals surface area contributed by atoms with E-state index in [1.165, 1.54) is 0 Å². The molecule has 0 spiro atoms. The maximum Gasteiger partial charge on any atom is 0.282 e. The summed E-state index contributed by atoms with van der Waals surface area (Å²) in [7, 11) is -3.30. The van der Waals surface area contributed by atoms with Crippen molar-refractivity contribution < 1.29 is 8.42 Å². The van der Waals surface area contributed by atoms with Crippen LogP contribution in [0.15, 0.2) is 0 Å². The predicted molar refractivity (Wildman–Crippen MR) is 65.5 cm³/mol. The number of nitrogens with one attached hydrogen (secondary N) is 1. The molecule has 1 saturated heterocycles. The first kappa shape index (κ1) is 13.9. The van der Waals surface area contributed by atoms with Gasteiger partial charge in [-0.25, -0.2) is 0 Å². The van der Waals surface area contributed by atoms with Gasteiger partial charge in [0.1, 0.15) is 0 Å². The molecule has 5 nitrogen and oxygen atoms in total. The van der Waals surface area contributed by atoms with E-state index in [0.29, 0.717) is 13.1 Å². The molecule has 0 atom stereocenters.